The van der Waals surface area contributed by atoms with Gasteiger partial charge in [0.2, 0.25) is 11.1 Å². The molecule has 0 spiro atoms. The summed E-state index contributed by atoms with van der Waals surface area (Å²) in [6, 6.07) is 21.2. The fraction of sp³-hybridized carbons (Fsp3) is 0.0952. The van der Waals surface area contributed by atoms with E-state index in [1.165, 1.54) is 14.2 Å². The lowest BCUT2D eigenvalue weighted by atomic mass is 10.0. The fourth-order valence-electron chi connectivity index (χ4n) is 2.76. The Labute approximate surface area is 153 Å². The van der Waals surface area contributed by atoms with Gasteiger partial charge in [-0.1, -0.05) is 41.0 Å². The number of hydrogen-bond acceptors (Lipinski definition) is 4. The average molecular weight is 365 g/mol. The Morgan fingerprint density at radius 1 is 0.769 bits per heavy atom. The Hall–Kier alpha value is -2.97. The fourth-order valence-corrected chi connectivity index (χ4v) is 4.09. The zero-order valence-corrected chi connectivity index (χ0v) is 15.4. The third-order valence-electron chi connectivity index (χ3n) is 4.01. The normalized spacial score (nSPS) is 10.9. The maximum absolute atomic E-state index is 13.2. The van der Waals surface area contributed by atoms with E-state index in [0.29, 0.717) is 33.2 Å². The van der Waals surface area contributed by atoms with Crippen molar-refractivity contribution in [2.24, 2.45) is 0 Å². The zero-order valence-electron chi connectivity index (χ0n) is 14.5. The molecule has 0 aliphatic rings. The van der Waals surface area contributed by atoms with Crippen LogP contribution in [-0.4, -0.2) is 20.0 Å². The maximum atomic E-state index is 13.2. The third kappa shape index (κ3) is 3.37. The summed E-state index contributed by atoms with van der Waals surface area (Å²) in [4.78, 5) is 13.2. The minimum absolute atomic E-state index is 0.254. The van der Waals surface area contributed by atoms with Crippen molar-refractivity contribution < 1.29 is 18.8 Å². The number of carbonyl (C=O) groups is 1. The molecule has 3 rings (SSSR count). The van der Waals surface area contributed by atoms with Crippen LogP contribution in [0.25, 0.3) is 0 Å². The van der Waals surface area contributed by atoms with Gasteiger partial charge >= 0.3 is 7.80 Å². The first kappa shape index (κ1) is 17.8. The van der Waals surface area contributed by atoms with E-state index in [1.807, 2.05) is 18.2 Å². The molecule has 0 aliphatic heterocycles. The molecule has 5 heteroatoms. The van der Waals surface area contributed by atoms with Crippen molar-refractivity contribution in [2.75, 3.05) is 14.2 Å². The first-order valence-electron chi connectivity index (χ1n) is 8.04. The topological polar surface area (TPSA) is 52.6 Å². The van der Waals surface area contributed by atoms with E-state index >= 15 is 0 Å². The maximum Gasteiger partial charge on any atom is 0.416 e. The van der Waals surface area contributed by atoms with Crippen molar-refractivity contribution in [1.29, 1.82) is 0 Å². The molecule has 0 heterocycles. The average Bonchev–Trinajstić information content (AvgIpc) is 2.72. The molecule has 0 bridgehead atoms. The third-order valence-corrected chi connectivity index (χ3v) is 5.60. The summed E-state index contributed by atoms with van der Waals surface area (Å²) >= 11 is 0. The molecule has 1 unspecified atom stereocenters. The van der Waals surface area contributed by atoms with Crippen LogP contribution < -0.4 is 20.1 Å². The van der Waals surface area contributed by atoms with Gasteiger partial charge in [0.1, 0.15) is 0 Å². The van der Waals surface area contributed by atoms with E-state index in [2.05, 4.69) is 0 Å². The monoisotopic (exact) mass is 365 g/mol. The highest BCUT2D eigenvalue weighted by molar-refractivity contribution is 7.61. The van der Waals surface area contributed by atoms with Crippen molar-refractivity contribution >= 4 is 24.2 Å². The molecule has 3 aromatic rings. The van der Waals surface area contributed by atoms with Crippen LogP contribution in [0.2, 0.25) is 0 Å². The largest absolute Gasteiger partial charge is 0.493 e. The molecular weight excluding hydrogens is 347 g/mol. The van der Waals surface area contributed by atoms with Crippen LogP contribution in [0, 0.1) is 0 Å². The Morgan fingerprint density at radius 2 is 1.42 bits per heavy atom. The van der Waals surface area contributed by atoms with Gasteiger partial charge in [-0.3, -0.25) is 4.79 Å². The zero-order chi connectivity index (χ0) is 18.5. The molecule has 3 aromatic carbocycles. The lowest BCUT2D eigenvalue weighted by Crippen LogP contribution is -2.17. The van der Waals surface area contributed by atoms with Gasteiger partial charge in [0, 0.05) is 0 Å². The van der Waals surface area contributed by atoms with Crippen molar-refractivity contribution in [1.82, 2.24) is 0 Å². The second-order valence-electron chi connectivity index (χ2n) is 5.52. The second-order valence-corrected chi connectivity index (χ2v) is 7.10. The molecule has 0 saturated heterocycles. The van der Waals surface area contributed by atoms with E-state index in [-0.39, 0.29) is 5.78 Å². The van der Waals surface area contributed by atoms with Crippen molar-refractivity contribution in [3.63, 3.8) is 0 Å². The SMILES string of the molecule is COc1cccc(C(=O)c2ccccc2[P+](=O)c2ccccc2)c1OC. The van der Waals surface area contributed by atoms with Crippen LogP contribution in [0.3, 0.4) is 0 Å². The van der Waals surface area contributed by atoms with Crippen LogP contribution in [0.5, 0.6) is 11.5 Å². The van der Waals surface area contributed by atoms with Crippen LogP contribution in [0.1, 0.15) is 15.9 Å². The Balaban J connectivity index is 2.09. The molecule has 0 aromatic heterocycles. The second kappa shape index (κ2) is 7.94. The predicted molar refractivity (Wildman–Crippen MR) is 103 cm³/mol. The van der Waals surface area contributed by atoms with Crippen molar-refractivity contribution in [2.45, 2.75) is 0 Å². The first-order valence-corrected chi connectivity index (χ1v) is 9.30. The van der Waals surface area contributed by atoms with Gasteiger partial charge in [-0.05, 0) is 36.4 Å². The Morgan fingerprint density at radius 3 is 2.12 bits per heavy atom. The minimum atomic E-state index is -1.88. The summed E-state index contributed by atoms with van der Waals surface area (Å²) in [5.41, 5.74) is 0.764. The van der Waals surface area contributed by atoms with Gasteiger partial charge < -0.3 is 9.47 Å². The van der Waals surface area contributed by atoms with Gasteiger partial charge in [-0.15, -0.1) is 0 Å². The Bertz CT molecular complexity index is 951. The predicted octanol–water partition coefficient (Wildman–Crippen LogP) is 3.71. The lowest BCUT2D eigenvalue weighted by Gasteiger charge is -2.11. The number of ketones is 1. The molecule has 0 amide bonds. The smallest absolute Gasteiger partial charge is 0.416 e. The van der Waals surface area contributed by atoms with Gasteiger partial charge in [0.15, 0.2) is 16.8 Å². The summed E-state index contributed by atoms with van der Waals surface area (Å²) < 4.78 is 23.7. The molecule has 0 N–H and O–H groups in total. The number of carbonyl (C=O) groups excluding carboxylic acids is 1. The molecule has 0 fully saturated rings. The van der Waals surface area contributed by atoms with E-state index in [0.717, 1.165) is 0 Å². The van der Waals surface area contributed by atoms with E-state index in [9.17, 15) is 9.36 Å². The van der Waals surface area contributed by atoms with Crippen molar-refractivity contribution in [3.05, 3.63) is 83.9 Å². The Kier molecular flexibility index (Phi) is 5.45. The molecule has 0 saturated carbocycles. The summed E-state index contributed by atoms with van der Waals surface area (Å²) in [5, 5.41) is 1.18. The number of ether oxygens (including phenoxy) is 2. The summed E-state index contributed by atoms with van der Waals surface area (Å²) in [5.74, 6) is 0.587. The van der Waals surface area contributed by atoms with Crippen LogP contribution >= 0.6 is 7.80 Å². The van der Waals surface area contributed by atoms with Gasteiger partial charge in [0.25, 0.3) is 0 Å². The number of benzene rings is 3. The van der Waals surface area contributed by atoms with Gasteiger partial charge in [-0.25, -0.2) is 0 Å². The van der Waals surface area contributed by atoms with Gasteiger partial charge in [-0.2, -0.15) is 0 Å². The van der Waals surface area contributed by atoms with Crippen LogP contribution in [0.4, 0.5) is 0 Å². The highest BCUT2D eigenvalue weighted by Crippen LogP contribution is 2.33. The number of rotatable bonds is 6. The minimum Gasteiger partial charge on any atom is -0.493 e. The first-order chi connectivity index (χ1) is 12.7. The molecule has 0 radical (unpaired) electrons. The summed E-state index contributed by atoms with van der Waals surface area (Å²) in [7, 11) is 1.13. The quantitative estimate of drug-likeness (QED) is 0.494. The van der Waals surface area contributed by atoms with Crippen molar-refractivity contribution in [3.8, 4) is 11.5 Å². The highest BCUT2D eigenvalue weighted by atomic mass is 31.1. The summed E-state index contributed by atoms with van der Waals surface area (Å²) in [6.07, 6.45) is 0. The summed E-state index contributed by atoms with van der Waals surface area (Å²) in [6.45, 7) is 0. The molecule has 4 nitrogen and oxygen atoms in total. The highest BCUT2D eigenvalue weighted by Gasteiger charge is 2.31. The molecule has 1 atom stereocenters. The standard InChI is InChI=1S/C21H18O4P/c1-24-18-13-8-12-17(21(18)25-2)20(22)16-11-6-7-14-19(16)26(23)15-9-4-3-5-10-15/h3-14H,1-2H3/q+1. The molecule has 130 valence electrons. The molecule has 0 aliphatic carbocycles. The molecule has 26 heavy (non-hydrogen) atoms. The number of hydrogen-bond donors (Lipinski definition) is 0. The van der Waals surface area contributed by atoms with Crippen LogP contribution in [-0.2, 0) is 4.57 Å². The van der Waals surface area contributed by atoms with Gasteiger partial charge in [0.05, 0.1) is 25.3 Å². The van der Waals surface area contributed by atoms with E-state index in [1.54, 1.807) is 54.6 Å². The molecular formula is C21H18O4P+. The van der Waals surface area contributed by atoms with Crippen LogP contribution in [0.15, 0.2) is 72.8 Å². The van der Waals surface area contributed by atoms with E-state index in [4.69, 9.17) is 9.47 Å². The van der Waals surface area contributed by atoms with E-state index < -0.39 is 7.80 Å². The number of para-hydroxylation sites is 1. The number of methoxy groups -OCH3 is 2. The lowest BCUT2D eigenvalue weighted by molar-refractivity contribution is 0.103.